The molecule has 0 fully saturated rings. The molecule has 0 heterocycles. The zero-order valence-electron chi connectivity index (χ0n) is 41.0. The summed E-state index contributed by atoms with van der Waals surface area (Å²) in [5, 5.41) is 3.68. The van der Waals surface area contributed by atoms with Gasteiger partial charge in [-0.2, -0.15) is 0 Å². The van der Waals surface area contributed by atoms with Crippen molar-refractivity contribution in [2.45, 2.75) is 138 Å². The molecule has 5 aromatic carbocycles. The van der Waals surface area contributed by atoms with Crippen LogP contribution in [-0.4, -0.2) is 23.1 Å². The van der Waals surface area contributed by atoms with Crippen molar-refractivity contribution in [2.75, 3.05) is 0 Å². The fraction of sp³-hybridized carbons (Fsp3) is 0.356. The Morgan fingerprint density at radius 1 is 0.348 bits per heavy atom. The van der Waals surface area contributed by atoms with Gasteiger partial charge >= 0.3 is 0 Å². The molecule has 0 aliphatic heterocycles. The van der Waals surface area contributed by atoms with E-state index in [0.717, 1.165) is 22.3 Å². The lowest BCUT2D eigenvalue weighted by molar-refractivity contribution is 0.0998. The van der Waals surface area contributed by atoms with Gasteiger partial charge in [-0.1, -0.05) is 205 Å². The maximum absolute atomic E-state index is 14.5. The molecule has 7 rings (SSSR count). The van der Waals surface area contributed by atoms with Gasteiger partial charge in [0.25, 0.3) is 0 Å². The Morgan fingerprint density at radius 3 is 0.833 bits per heavy atom. The van der Waals surface area contributed by atoms with Crippen molar-refractivity contribution < 1.29 is 19.2 Å². The summed E-state index contributed by atoms with van der Waals surface area (Å²) in [5.74, 6) is -0.526. The third kappa shape index (κ3) is 8.57. The minimum absolute atomic E-state index is 0.00243. The predicted octanol–water partition coefficient (Wildman–Crippen LogP) is 15.4. The Labute approximate surface area is 404 Å². The molecule has 0 N–H and O–H groups in total. The minimum atomic E-state index is -1.41. The molecule has 66 heavy (non-hydrogen) atoms. The van der Waals surface area contributed by atoms with Crippen molar-refractivity contribution >= 4 is 81.3 Å². The molecular weight excluding hydrogens is 875 g/mol. The normalized spacial score (nSPS) is 14.5. The van der Waals surface area contributed by atoms with Gasteiger partial charge in [0.1, 0.15) is 10.1 Å². The first kappa shape index (κ1) is 49.2. The Bertz CT molecular complexity index is 2660. The lowest BCUT2D eigenvalue weighted by Gasteiger charge is -2.37. The third-order valence-electron chi connectivity index (χ3n) is 13.3. The quantitative estimate of drug-likeness (QED) is 0.117. The summed E-state index contributed by atoms with van der Waals surface area (Å²) in [7, 11) is -1.41. The number of carbonyl (C=O) groups is 4. The average Bonchev–Trinajstić information content (AvgIpc) is 3.27. The summed E-state index contributed by atoms with van der Waals surface area (Å²) in [6, 6.07) is 27.3. The molecule has 342 valence electrons. The second-order valence-corrected chi connectivity index (χ2v) is 23.0. The Balaban J connectivity index is 1.67. The fourth-order valence-corrected chi connectivity index (χ4v) is 14.4. The summed E-state index contributed by atoms with van der Waals surface area (Å²) in [6.07, 6.45) is 0. The van der Waals surface area contributed by atoms with Gasteiger partial charge in [-0.3, -0.25) is 19.2 Å². The number of ketones is 4. The molecule has 0 saturated carbocycles. The van der Waals surface area contributed by atoms with E-state index in [4.69, 9.17) is 23.2 Å². The molecule has 5 aromatic rings. The lowest BCUT2D eigenvalue weighted by atomic mass is 9.83. The number of Topliss-reactive ketones (excluding diaryl/α,β-unsaturated/α-hetero) is 4. The Kier molecular flexibility index (Phi) is 14.2. The predicted molar refractivity (Wildman–Crippen MR) is 280 cm³/mol. The van der Waals surface area contributed by atoms with Crippen molar-refractivity contribution in [2.24, 2.45) is 0 Å². The molecule has 2 aliphatic carbocycles. The molecule has 0 atom stereocenters. The number of carbonyl (C=O) groups excluding carboxylic acids is 4. The van der Waals surface area contributed by atoms with E-state index >= 15 is 0 Å². The van der Waals surface area contributed by atoms with Gasteiger partial charge in [-0.15, -0.1) is 0 Å². The average molecular weight is 938 g/mol. The molecule has 0 radical (unpaired) electrons. The van der Waals surface area contributed by atoms with Gasteiger partial charge in [-0.05, 0) is 115 Å². The van der Waals surface area contributed by atoms with E-state index in [-0.39, 0.29) is 79.9 Å². The van der Waals surface area contributed by atoms with Crippen molar-refractivity contribution in [3.63, 3.8) is 0 Å². The number of benzene rings is 5. The molecule has 0 saturated heterocycles. The largest absolute Gasteiger partial charge is 0.289 e. The van der Waals surface area contributed by atoms with Crippen LogP contribution in [-0.2, 0) is 0 Å². The fourth-order valence-electron chi connectivity index (χ4n) is 9.64. The van der Waals surface area contributed by atoms with Gasteiger partial charge in [0, 0.05) is 22.3 Å². The van der Waals surface area contributed by atoms with Crippen molar-refractivity contribution in [1.82, 2.24) is 0 Å². The highest BCUT2D eigenvalue weighted by molar-refractivity contribution is 7.80. The highest BCUT2D eigenvalue weighted by Gasteiger charge is 2.39. The van der Waals surface area contributed by atoms with Gasteiger partial charge < -0.3 is 0 Å². The van der Waals surface area contributed by atoms with E-state index < -0.39 is 7.92 Å². The molecule has 0 aromatic heterocycles. The van der Waals surface area contributed by atoms with Crippen LogP contribution in [0.1, 0.15) is 230 Å². The van der Waals surface area contributed by atoms with Crippen LogP contribution >= 0.6 is 31.1 Å². The molecule has 0 unspecified atom stereocenters. The number of hydrogen-bond acceptors (Lipinski definition) is 4. The number of allylic oxidation sites excluding steroid dienone is 4. The first-order valence-corrected chi connectivity index (χ1v) is 25.7. The highest BCUT2D eigenvalue weighted by Crippen LogP contribution is 2.50. The van der Waals surface area contributed by atoms with Crippen LogP contribution in [0.25, 0.3) is 11.1 Å². The summed E-state index contributed by atoms with van der Waals surface area (Å²) in [6.45, 7) is 31.4. The van der Waals surface area contributed by atoms with Crippen LogP contribution < -0.4 is 15.9 Å². The SMILES string of the molecule is CC(C)c1cc(C(C)C)c(P(c2c(C(C)C)cc(C3=C(Cl)C(=O)c4ccccc4C3=O)cc2C(C)C)c2c(C(C)C)cc(C3=C(Cl)C(=O)c4ccccc4C3=O)cc2C(C)C)c(C(C)C)c1. The van der Waals surface area contributed by atoms with E-state index in [1.807, 2.05) is 0 Å². The van der Waals surface area contributed by atoms with E-state index in [2.05, 4.69) is 133 Å². The number of fused-ring (bicyclic) bond motifs is 2. The standard InChI is InChI=1S/C59H63Cl2O4P/c1-29(2)36-23-43(30(3)4)57(44(24-36)31(5)6)66(58-45(32(7)8)25-37(26-46(58)33(9)10)49-51(60)55(64)41-21-17-15-19-39(41)53(49)62)59-47(34(11)12)27-38(28-48(59)35(13)14)50-52(61)56(65)42-22-18-16-20-40(42)54(50)63/h15-35H,1-14H3. The number of hydrogen-bond donors (Lipinski definition) is 0. The Morgan fingerprint density at radius 2 is 0.591 bits per heavy atom. The molecule has 4 nitrogen and oxygen atoms in total. The van der Waals surface area contributed by atoms with Crippen molar-refractivity contribution in [1.29, 1.82) is 0 Å². The topological polar surface area (TPSA) is 68.3 Å². The molecular formula is C59H63Cl2O4P. The van der Waals surface area contributed by atoms with Crippen LogP contribution in [0.5, 0.6) is 0 Å². The molecule has 0 amide bonds. The zero-order valence-corrected chi connectivity index (χ0v) is 43.4. The smallest absolute Gasteiger partial charge is 0.205 e. The summed E-state index contributed by atoms with van der Waals surface area (Å²) < 4.78 is 0. The van der Waals surface area contributed by atoms with Crippen LogP contribution in [0.3, 0.4) is 0 Å². The number of halogens is 2. The van der Waals surface area contributed by atoms with Gasteiger partial charge in [-0.25, -0.2) is 0 Å². The third-order valence-corrected chi connectivity index (χ3v) is 16.9. The highest BCUT2D eigenvalue weighted by atomic mass is 35.5. The Hall–Kier alpha value is -4.73. The van der Waals surface area contributed by atoms with Gasteiger partial charge in [0.15, 0.2) is 11.6 Å². The van der Waals surface area contributed by atoms with Crippen LogP contribution in [0.15, 0.2) is 95.0 Å². The molecule has 2 aliphatic rings. The van der Waals surface area contributed by atoms with Gasteiger partial charge in [0.05, 0.1) is 11.1 Å². The van der Waals surface area contributed by atoms with E-state index in [1.165, 1.54) is 32.6 Å². The maximum Gasteiger partial charge on any atom is 0.205 e. The summed E-state index contributed by atoms with van der Waals surface area (Å²) >= 11 is 14.0. The maximum atomic E-state index is 14.5. The second kappa shape index (κ2) is 19.1. The second-order valence-electron chi connectivity index (χ2n) is 20.3. The van der Waals surface area contributed by atoms with Crippen LogP contribution in [0.4, 0.5) is 0 Å². The van der Waals surface area contributed by atoms with E-state index in [9.17, 15) is 19.2 Å². The molecule has 7 heteroatoms. The van der Waals surface area contributed by atoms with Crippen LogP contribution in [0.2, 0.25) is 0 Å². The summed E-state index contributed by atoms with van der Waals surface area (Å²) in [5.41, 5.74) is 11.4. The number of rotatable bonds is 12. The van der Waals surface area contributed by atoms with E-state index in [1.54, 1.807) is 48.5 Å². The zero-order chi connectivity index (χ0) is 48.4. The van der Waals surface area contributed by atoms with E-state index in [0.29, 0.717) is 39.3 Å². The van der Waals surface area contributed by atoms with Crippen LogP contribution in [0, 0.1) is 0 Å². The monoisotopic (exact) mass is 936 g/mol. The van der Waals surface area contributed by atoms with Crippen molar-refractivity contribution in [3.05, 3.63) is 167 Å². The van der Waals surface area contributed by atoms with Crippen molar-refractivity contribution in [3.8, 4) is 0 Å². The lowest BCUT2D eigenvalue weighted by Crippen LogP contribution is -2.35. The minimum Gasteiger partial charge on any atom is -0.289 e. The molecule has 0 bridgehead atoms. The van der Waals surface area contributed by atoms with Gasteiger partial charge in [0.2, 0.25) is 11.6 Å². The first-order valence-electron chi connectivity index (χ1n) is 23.6. The summed E-state index contributed by atoms with van der Waals surface area (Å²) in [4.78, 5) is 56.8. The first-order chi connectivity index (χ1) is 31.1. The molecule has 0 spiro atoms.